The number of rotatable bonds is 4. The second-order valence-electron chi connectivity index (χ2n) is 8.85. The zero-order valence-corrected chi connectivity index (χ0v) is 18.6. The minimum absolute atomic E-state index is 0.406. The third kappa shape index (κ3) is 3.84. The average molecular weight is 429 g/mol. The molecule has 0 saturated carbocycles. The molecule has 2 aliphatic rings. The summed E-state index contributed by atoms with van der Waals surface area (Å²) in [5, 5.41) is 20.9. The van der Waals surface area contributed by atoms with Crippen molar-refractivity contribution in [1.82, 2.24) is 9.88 Å². The Labute approximate surface area is 188 Å². The van der Waals surface area contributed by atoms with Gasteiger partial charge in [0.2, 0.25) is 0 Å². The van der Waals surface area contributed by atoms with Gasteiger partial charge in [-0.15, -0.1) is 0 Å². The van der Waals surface area contributed by atoms with Gasteiger partial charge in [0, 0.05) is 42.8 Å². The lowest BCUT2D eigenvalue weighted by Crippen LogP contribution is -2.56. The van der Waals surface area contributed by atoms with Crippen molar-refractivity contribution in [2.75, 3.05) is 44.3 Å². The molecule has 3 aromatic rings. The number of aromatic nitrogens is 1. The largest absolute Gasteiger partial charge is 0.389 e. The van der Waals surface area contributed by atoms with Crippen molar-refractivity contribution in [3.8, 4) is 17.2 Å². The van der Waals surface area contributed by atoms with Crippen LogP contribution in [0.4, 0.5) is 5.69 Å². The van der Waals surface area contributed by atoms with Gasteiger partial charge in [-0.1, -0.05) is 18.2 Å². The number of aliphatic hydroxyl groups excluding tert-OH is 1. The van der Waals surface area contributed by atoms with E-state index in [1.807, 2.05) is 25.1 Å². The van der Waals surface area contributed by atoms with Crippen molar-refractivity contribution >= 4 is 16.6 Å². The monoisotopic (exact) mass is 428 g/mol. The van der Waals surface area contributed by atoms with E-state index in [1.54, 1.807) is 6.92 Å². The van der Waals surface area contributed by atoms with Gasteiger partial charge in [-0.3, -0.25) is 4.90 Å². The molecule has 0 radical (unpaired) electrons. The van der Waals surface area contributed by atoms with E-state index < -0.39 is 6.10 Å². The van der Waals surface area contributed by atoms with E-state index in [0.717, 1.165) is 72.5 Å². The predicted molar refractivity (Wildman–Crippen MR) is 126 cm³/mol. The van der Waals surface area contributed by atoms with Gasteiger partial charge in [0.25, 0.3) is 0 Å². The summed E-state index contributed by atoms with van der Waals surface area (Å²) in [6.45, 7) is 9.61. The molecule has 6 heteroatoms. The number of aryl methyl sites for hydroxylation is 1. The molecule has 1 unspecified atom stereocenters. The predicted octanol–water partition coefficient (Wildman–Crippen LogP) is 3.66. The number of pyridine rings is 1. The lowest BCUT2D eigenvalue weighted by molar-refractivity contribution is -0.0660. The highest BCUT2D eigenvalue weighted by Gasteiger charge is 2.28. The molecular weight excluding hydrogens is 400 g/mol. The van der Waals surface area contributed by atoms with Crippen LogP contribution in [-0.2, 0) is 4.74 Å². The Hall–Kier alpha value is -2.98. The molecule has 1 N–H and O–H groups in total. The van der Waals surface area contributed by atoms with Crippen molar-refractivity contribution in [2.24, 2.45) is 0 Å². The quantitative estimate of drug-likeness (QED) is 0.684. The zero-order valence-electron chi connectivity index (χ0n) is 18.6. The summed E-state index contributed by atoms with van der Waals surface area (Å²) in [5.74, 6) is 0. The Morgan fingerprint density at radius 1 is 1.09 bits per heavy atom. The number of aliphatic hydroxyl groups is 1. The van der Waals surface area contributed by atoms with Crippen LogP contribution in [0.25, 0.3) is 22.0 Å². The molecule has 2 aliphatic heterocycles. The van der Waals surface area contributed by atoms with Crippen molar-refractivity contribution in [3.05, 3.63) is 59.3 Å². The average Bonchev–Trinajstić information content (AvgIpc) is 2.77. The van der Waals surface area contributed by atoms with E-state index in [2.05, 4.69) is 45.1 Å². The van der Waals surface area contributed by atoms with Crippen molar-refractivity contribution in [2.45, 2.75) is 26.0 Å². The van der Waals surface area contributed by atoms with Crippen LogP contribution in [0, 0.1) is 18.3 Å². The molecule has 32 heavy (non-hydrogen) atoms. The normalized spacial score (nSPS) is 18.4. The van der Waals surface area contributed by atoms with Crippen molar-refractivity contribution < 1.29 is 9.84 Å². The molecule has 1 atom stereocenters. The van der Waals surface area contributed by atoms with E-state index in [-0.39, 0.29) is 0 Å². The van der Waals surface area contributed by atoms with Gasteiger partial charge < -0.3 is 14.7 Å². The van der Waals surface area contributed by atoms with Gasteiger partial charge in [-0.2, -0.15) is 5.26 Å². The minimum atomic E-state index is -0.604. The van der Waals surface area contributed by atoms with Crippen molar-refractivity contribution in [3.63, 3.8) is 0 Å². The summed E-state index contributed by atoms with van der Waals surface area (Å²) in [7, 11) is 0. The number of fused-ring (bicyclic) bond motifs is 1. The summed E-state index contributed by atoms with van der Waals surface area (Å²) >= 11 is 0. The van der Waals surface area contributed by atoms with Crippen LogP contribution in [0.3, 0.4) is 0 Å². The van der Waals surface area contributed by atoms with E-state index in [4.69, 9.17) is 4.74 Å². The minimum Gasteiger partial charge on any atom is -0.389 e. The second-order valence-corrected chi connectivity index (χ2v) is 8.85. The molecule has 164 valence electrons. The Bertz CT molecular complexity index is 1170. The van der Waals surface area contributed by atoms with E-state index in [1.165, 1.54) is 5.69 Å². The topological polar surface area (TPSA) is 72.6 Å². The summed E-state index contributed by atoms with van der Waals surface area (Å²) in [4.78, 5) is 9.56. The molecule has 0 spiro atoms. The number of hydrogen-bond acceptors (Lipinski definition) is 6. The van der Waals surface area contributed by atoms with Crippen LogP contribution in [0.15, 0.2) is 42.5 Å². The number of benzene rings is 2. The first-order valence-corrected chi connectivity index (χ1v) is 11.2. The van der Waals surface area contributed by atoms with Gasteiger partial charge in [0.1, 0.15) is 11.8 Å². The summed E-state index contributed by atoms with van der Waals surface area (Å²) in [5.41, 5.74) is 5.97. The van der Waals surface area contributed by atoms with Crippen LogP contribution >= 0.6 is 0 Å². The SMILES string of the molecule is Cc1cc(C(C)O)c2cc(-c3ccc(N4CCN(C5COC5)CC4)cc3)c(C#N)nc2c1. The highest BCUT2D eigenvalue weighted by molar-refractivity contribution is 5.89. The number of anilines is 1. The second kappa shape index (κ2) is 8.51. The summed E-state index contributed by atoms with van der Waals surface area (Å²) < 4.78 is 5.33. The third-order valence-electron chi connectivity index (χ3n) is 6.66. The molecule has 0 bridgehead atoms. The van der Waals surface area contributed by atoms with Crippen LogP contribution in [-0.4, -0.2) is 60.4 Å². The first-order chi connectivity index (χ1) is 15.5. The number of nitriles is 1. The molecule has 2 saturated heterocycles. The Kier molecular flexibility index (Phi) is 5.56. The van der Waals surface area contributed by atoms with E-state index >= 15 is 0 Å². The third-order valence-corrected chi connectivity index (χ3v) is 6.66. The van der Waals surface area contributed by atoms with Gasteiger partial charge in [0.15, 0.2) is 0 Å². The molecule has 0 aliphatic carbocycles. The number of piperazine rings is 1. The maximum absolute atomic E-state index is 10.3. The lowest BCUT2D eigenvalue weighted by atomic mass is 9.96. The fourth-order valence-corrected chi connectivity index (χ4v) is 4.73. The van der Waals surface area contributed by atoms with Crippen LogP contribution < -0.4 is 4.90 Å². The maximum atomic E-state index is 10.3. The molecule has 1 aromatic heterocycles. The van der Waals surface area contributed by atoms with Gasteiger partial charge in [0.05, 0.1) is 30.9 Å². The standard InChI is InChI=1S/C26H28N4O2/c1-17-11-22(18(2)31)24-13-23(26(14-27)28-25(24)12-17)19-3-5-20(6-4-19)29-7-9-30(10-8-29)21-15-32-16-21/h3-6,11-13,18,21,31H,7-10,15-16H2,1-2H3. The lowest BCUT2D eigenvalue weighted by Gasteiger charge is -2.43. The molecule has 6 nitrogen and oxygen atoms in total. The fourth-order valence-electron chi connectivity index (χ4n) is 4.73. The van der Waals surface area contributed by atoms with Crippen LogP contribution in [0.5, 0.6) is 0 Å². The molecule has 5 rings (SSSR count). The molecule has 2 aromatic carbocycles. The summed E-state index contributed by atoms with van der Waals surface area (Å²) in [6, 6.07) is 17.2. The zero-order chi connectivity index (χ0) is 22.2. The molecule has 3 heterocycles. The van der Waals surface area contributed by atoms with E-state index in [9.17, 15) is 10.4 Å². The number of ether oxygens (including phenoxy) is 1. The molecule has 2 fully saturated rings. The number of nitrogens with zero attached hydrogens (tertiary/aromatic N) is 4. The molecular formula is C26H28N4O2. The summed E-state index contributed by atoms with van der Waals surface area (Å²) in [6.07, 6.45) is -0.604. The van der Waals surface area contributed by atoms with Crippen LogP contribution in [0.1, 0.15) is 29.8 Å². The Morgan fingerprint density at radius 3 is 2.41 bits per heavy atom. The Balaban J connectivity index is 1.43. The van der Waals surface area contributed by atoms with Gasteiger partial charge in [-0.25, -0.2) is 4.98 Å². The van der Waals surface area contributed by atoms with Crippen LogP contribution in [0.2, 0.25) is 0 Å². The van der Waals surface area contributed by atoms with Gasteiger partial charge in [-0.05, 0) is 54.8 Å². The number of hydrogen-bond donors (Lipinski definition) is 1. The highest BCUT2D eigenvalue weighted by Crippen LogP contribution is 2.32. The Morgan fingerprint density at radius 2 is 1.81 bits per heavy atom. The smallest absolute Gasteiger partial charge is 0.149 e. The van der Waals surface area contributed by atoms with E-state index in [0.29, 0.717) is 11.7 Å². The maximum Gasteiger partial charge on any atom is 0.149 e. The molecule has 0 amide bonds. The fraction of sp³-hybridized carbons (Fsp3) is 0.385. The van der Waals surface area contributed by atoms with Gasteiger partial charge >= 0.3 is 0 Å². The first-order valence-electron chi connectivity index (χ1n) is 11.2. The van der Waals surface area contributed by atoms with Crippen molar-refractivity contribution in [1.29, 1.82) is 5.26 Å². The first kappa shape index (κ1) is 20.9. The highest BCUT2D eigenvalue weighted by atomic mass is 16.5.